The van der Waals surface area contributed by atoms with Crippen LogP contribution >= 0.6 is 0 Å². The molecule has 4 heteroatoms. The van der Waals surface area contributed by atoms with Crippen molar-refractivity contribution >= 4 is 5.91 Å². The number of aromatic nitrogens is 1. The summed E-state index contributed by atoms with van der Waals surface area (Å²) >= 11 is 0. The van der Waals surface area contributed by atoms with Crippen LogP contribution in [0.5, 0.6) is 0 Å². The fourth-order valence-corrected chi connectivity index (χ4v) is 2.11. The van der Waals surface area contributed by atoms with Gasteiger partial charge in [-0.3, -0.25) is 9.78 Å². The van der Waals surface area contributed by atoms with Gasteiger partial charge >= 0.3 is 0 Å². The number of likely N-dealkylation sites (N-methyl/N-ethyl adjacent to an activating group) is 1. The first kappa shape index (κ1) is 12.0. The third kappa shape index (κ3) is 2.82. The number of rotatable bonds is 2. The molecule has 17 heavy (non-hydrogen) atoms. The summed E-state index contributed by atoms with van der Waals surface area (Å²) in [5, 5.41) is 0. The van der Waals surface area contributed by atoms with Gasteiger partial charge in [-0.15, -0.1) is 0 Å². The Morgan fingerprint density at radius 1 is 1.47 bits per heavy atom. The number of nitrogens with zero attached hydrogens (tertiary/aromatic N) is 3. The number of amides is 1. The second-order valence-electron chi connectivity index (χ2n) is 4.86. The number of hydrogen-bond acceptors (Lipinski definition) is 3. The highest BCUT2D eigenvalue weighted by Gasteiger charge is 2.21. The summed E-state index contributed by atoms with van der Waals surface area (Å²) in [5.41, 5.74) is 3.39. The van der Waals surface area contributed by atoms with Crippen LogP contribution < -0.4 is 0 Å². The average molecular weight is 233 g/mol. The second-order valence-corrected chi connectivity index (χ2v) is 4.86. The maximum absolute atomic E-state index is 11.9. The molecule has 1 aromatic heterocycles. The molecule has 1 amide bonds. The molecule has 0 unspecified atom stereocenters. The van der Waals surface area contributed by atoms with Crippen molar-refractivity contribution in [3.8, 4) is 0 Å². The Morgan fingerprint density at radius 2 is 2.24 bits per heavy atom. The highest BCUT2D eigenvalue weighted by molar-refractivity contribution is 5.78. The van der Waals surface area contributed by atoms with Crippen LogP contribution in [0.15, 0.2) is 12.1 Å². The third-order valence-electron chi connectivity index (χ3n) is 2.99. The maximum atomic E-state index is 11.9. The van der Waals surface area contributed by atoms with Gasteiger partial charge < -0.3 is 9.80 Å². The number of fused-ring (bicyclic) bond motifs is 1. The lowest BCUT2D eigenvalue weighted by atomic mass is 10.1. The van der Waals surface area contributed by atoms with Crippen molar-refractivity contribution in [3.63, 3.8) is 0 Å². The molecule has 0 saturated heterocycles. The molecule has 0 radical (unpaired) electrons. The molecule has 0 spiro atoms. The first-order valence-electron chi connectivity index (χ1n) is 5.94. The molecule has 1 aliphatic rings. The van der Waals surface area contributed by atoms with E-state index in [0.717, 1.165) is 24.4 Å². The van der Waals surface area contributed by atoms with Gasteiger partial charge in [-0.2, -0.15) is 0 Å². The largest absolute Gasteiger partial charge is 0.337 e. The molecule has 0 bridgehead atoms. The highest BCUT2D eigenvalue weighted by Crippen LogP contribution is 2.17. The van der Waals surface area contributed by atoms with E-state index in [4.69, 9.17) is 0 Å². The summed E-state index contributed by atoms with van der Waals surface area (Å²) in [6.07, 6.45) is 0.871. The van der Waals surface area contributed by atoms with Crippen LogP contribution in [0.4, 0.5) is 0 Å². The Balaban J connectivity index is 2.08. The van der Waals surface area contributed by atoms with Gasteiger partial charge in [-0.1, -0.05) is 6.07 Å². The second kappa shape index (κ2) is 4.84. The summed E-state index contributed by atoms with van der Waals surface area (Å²) in [7, 11) is 3.83. The Labute approximate surface area is 102 Å². The standard InChI is InChI=1S/C13H19N3O/c1-10-4-5-11-8-16(7-6-12(11)14-10)13(17)9-15(2)3/h4-5H,6-9H2,1-3H3. The van der Waals surface area contributed by atoms with Gasteiger partial charge in [0, 0.05) is 30.9 Å². The molecule has 0 aromatic carbocycles. The minimum Gasteiger partial charge on any atom is -0.337 e. The van der Waals surface area contributed by atoms with Crippen LogP contribution in [0.25, 0.3) is 0 Å². The van der Waals surface area contributed by atoms with E-state index in [1.54, 1.807) is 0 Å². The smallest absolute Gasteiger partial charge is 0.237 e. The van der Waals surface area contributed by atoms with Gasteiger partial charge in [-0.25, -0.2) is 0 Å². The van der Waals surface area contributed by atoms with Gasteiger partial charge in [0.15, 0.2) is 0 Å². The molecule has 1 aliphatic heterocycles. The first-order chi connectivity index (χ1) is 8.06. The number of hydrogen-bond donors (Lipinski definition) is 0. The minimum absolute atomic E-state index is 0.196. The predicted molar refractivity (Wildman–Crippen MR) is 66.6 cm³/mol. The molecule has 0 saturated carbocycles. The Bertz CT molecular complexity index is 429. The lowest BCUT2D eigenvalue weighted by Gasteiger charge is -2.29. The van der Waals surface area contributed by atoms with Gasteiger partial charge in [-0.05, 0) is 32.6 Å². The number of carbonyl (C=O) groups is 1. The van der Waals surface area contributed by atoms with Crippen LogP contribution in [-0.2, 0) is 17.8 Å². The fourth-order valence-electron chi connectivity index (χ4n) is 2.11. The average Bonchev–Trinajstić information content (AvgIpc) is 2.27. The van der Waals surface area contributed by atoms with Crippen molar-refractivity contribution in [3.05, 3.63) is 29.1 Å². The molecule has 0 N–H and O–H groups in total. The van der Waals surface area contributed by atoms with Crippen molar-refractivity contribution in [2.24, 2.45) is 0 Å². The van der Waals surface area contributed by atoms with Crippen molar-refractivity contribution in [1.29, 1.82) is 0 Å². The number of pyridine rings is 1. The lowest BCUT2D eigenvalue weighted by molar-refractivity contribution is -0.132. The maximum Gasteiger partial charge on any atom is 0.237 e. The summed E-state index contributed by atoms with van der Waals surface area (Å²) in [5.74, 6) is 0.196. The summed E-state index contributed by atoms with van der Waals surface area (Å²) < 4.78 is 0. The van der Waals surface area contributed by atoms with Gasteiger partial charge in [0.1, 0.15) is 0 Å². The summed E-state index contributed by atoms with van der Waals surface area (Å²) in [4.78, 5) is 20.3. The van der Waals surface area contributed by atoms with Crippen LogP contribution in [0.1, 0.15) is 17.0 Å². The normalized spacial score (nSPS) is 14.9. The summed E-state index contributed by atoms with van der Waals surface area (Å²) in [6, 6.07) is 4.10. The molecule has 0 atom stereocenters. The van der Waals surface area contributed by atoms with Crippen LogP contribution in [0.2, 0.25) is 0 Å². The van der Waals surface area contributed by atoms with E-state index in [-0.39, 0.29) is 5.91 Å². The van der Waals surface area contributed by atoms with Crippen molar-refractivity contribution in [2.45, 2.75) is 19.9 Å². The van der Waals surface area contributed by atoms with Crippen LogP contribution in [-0.4, -0.2) is 47.9 Å². The molecule has 2 rings (SSSR count). The van der Waals surface area contributed by atoms with Gasteiger partial charge in [0.2, 0.25) is 5.91 Å². The molecular formula is C13H19N3O. The van der Waals surface area contributed by atoms with Crippen molar-refractivity contribution in [2.75, 3.05) is 27.2 Å². The Kier molecular flexibility index (Phi) is 3.43. The van der Waals surface area contributed by atoms with E-state index in [1.807, 2.05) is 36.9 Å². The van der Waals surface area contributed by atoms with Crippen molar-refractivity contribution < 1.29 is 4.79 Å². The molecule has 92 valence electrons. The van der Waals surface area contributed by atoms with Crippen LogP contribution in [0.3, 0.4) is 0 Å². The predicted octanol–water partition coefficient (Wildman–Crippen LogP) is 0.836. The number of carbonyl (C=O) groups excluding carboxylic acids is 1. The van der Waals surface area contributed by atoms with E-state index in [1.165, 1.54) is 5.56 Å². The van der Waals surface area contributed by atoms with E-state index < -0.39 is 0 Å². The van der Waals surface area contributed by atoms with Gasteiger partial charge in [0.05, 0.1) is 6.54 Å². The summed E-state index contributed by atoms with van der Waals surface area (Å²) in [6.45, 7) is 3.98. The third-order valence-corrected chi connectivity index (χ3v) is 2.99. The molecule has 1 aromatic rings. The first-order valence-corrected chi connectivity index (χ1v) is 5.94. The topological polar surface area (TPSA) is 36.4 Å². The molecule has 2 heterocycles. The zero-order chi connectivity index (χ0) is 12.4. The zero-order valence-electron chi connectivity index (χ0n) is 10.7. The van der Waals surface area contributed by atoms with E-state index >= 15 is 0 Å². The van der Waals surface area contributed by atoms with E-state index in [9.17, 15) is 4.79 Å². The lowest BCUT2D eigenvalue weighted by Crippen LogP contribution is -2.41. The van der Waals surface area contributed by atoms with E-state index in [2.05, 4.69) is 11.1 Å². The molecular weight excluding hydrogens is 214 g/mol. The van der Waals surface area contributed by atoms with Crippen molar-refractivity contribution in [1.82, 2.24) is 14.8 Å². The van der Waals surface area contributed by atoms with Gasteiger partial charge in [0.25, 0.3) is 0 Å². The number of aryl methyl sites for hydroxylation is 1. The quantitative estimate of drug-likeness (QED) is 0.759. The minimum atomic E-state index is 0.196. The SMILES string of the molecule is Cc1ccc2c(n1)CCN(C(=O)CN(C)C)C2. The molecule has 4 nitrogen and oxygen atoms in total. The van der Waals surface area contributed by atoms with Crippen LogP contribution in [0, 0.1) is 6.92 Å². The monoisotopic (exact) mass is 233 g/mol. The molecule has 0 aliphatic carbocycles. The van der Waals surface area contributed by atoms with E-state index in [0.29, 0.717) is 13.1 Å². The molecule has 0 fully saturated rings. The highest BCUT2D eigenvalue weighted by atomic mass is 16.2. The zero-order valence-corrected chi connectivity index (χ0v) is 10.7. The Morgan fingerprint density at radius 3 is 2.94 bits per heavy atom. The Hall–Kier alpha value is -1.42. The fraction of sp³-hybridized carbons (Fsp3) is 0.538.